The lowest BCUT2D eigenvalue weighted by Crippen LogP contribution is -2.47. The zero-order chi connectivity index (χ0) is 25.2. The van der Waals surface area contributed by atoms with Crippen molar-refractivity contribution in [2.75, 3.05) is 24.6 Å². The highest BCUT2D eigenvalue weighted by molar-refractivity contribution is 7.54. The van der Waals surface area contributed by atoms with Crippen LogP contribution in [0.15, 0.2) is 12.4 Å². The highest BCUT2D eigenvalue weighted by Gasteiger charge is 2.59. The van der Waals surface area contributed by atoms with Crippen LogP contribution in [0, 0.1) is 18.5 Å². The standard InChI is InChI=1S/C20H25ClN8O6P/c1-36(32,33)34-9-14-20(31,13-6-22-27-26-13)15(30)18(35-14)29-17-12(5-23-29)16(24-19(21)25-17)28-7-10-3-2-4-11(10)8-28/h5-6,10-11,14-15,18,30-31H,1-4,7-9H2,(H,32,33)(H,22,26,27)/t10-,11+,14-,15+,18-,20-/m1/s1. The minimum atomic E-state index is -4.16. The van der Waals surface area contributed by atoms with Gasteiger partial charge in [0.05, 0.1) is 24.9 Å². The summed E-state index contributed by atoms with van der Waals surface area (Å²) in [4.78, 5) is 20.5. The van der Waals surface area contributed by atoms with Gasteiger partial charge in [0.1, 0.15) is 23.7 Å². The smallest absolute Gasteiger partial charge is 0.328 e. The van der Waals surface area contributed by atoms with E-state index in [4.69, 9.17) is 20.9 Å². The van der Waals surface area contributed by atoms with Gasteiger partial charge in [0.2, 0.25) is 5.28 Å². The summed E-state index contributed by atoms with van der Waals surface area (Å²) >= 11 is 6.31. The molecule has 0 amide bonds. The molecule has 3 aliphatic rings. The van der Waals surface area contributed by atoms with E-state index < -0.39 is 38.2 Å². The highest BCUT2D eigenvalue weighted by atomic mass is 35.5. The fraction of sp³-hybridized carbons (Fsp3) is 0.600. The molecule has 3 fully saturated rings. The molecule has 1 aliphatic carbocycles. The number of halogens is 1. The quantitative estimate of drug-likeness (QED) is 0.257. The molecule has 6 rings (SSSR count). The first-order valence-corrected chi connectivity index (χ1v) is 13.7. The molecule has 0 aromatic carbocycles. The Labute approximate surface area is 210 Å². The lowest BCUT2D eigenvalue weighted by atomic mass is 9.89. The van der Waals surface area contributed by atoms with E-state index in [1.807, 2.05) is 0 Å². The highest BCUT2D eigenvalue weighted by Crippen LogP contribution is 2.47. The van der Waals surface area contributed by atoms with E-state index in [2.05, 4.69) is 42.0 Å². The summed E-state index contributed by atoms with van der Waals surface area (Å²) in [5.41, 5.74) is -1.89. The largest absolute Gasteiger partial charge is 0.385 e. The molecule has 3 aromatic heterocycles. The third-order valence-corrected chi connectivity index (χ3v) is 8.17. The molecule has 2 aliphatic heterocycles. The second-order valence-electron chi connectivity index (χ2n) is 9.58. The molecule has 7 atom stereocenters. The van der Waals surface area contributed by atoms with Crippen LogP contribution < -0.4 is 4.90 Å². The summed E-state index contributed by atoms with van der Waals surface area (Å²) in [6.07, 6.45) is 2.28. The fourth-order valence-corrected chi connectivity index (χ4v) is 6.26. The second kappa shape index (κ2) is 8.69. The van der Waals surface area contributed by atoms with E-state index >= 15 is 0 Å². The summed E-state index contributed by atoms with van der Waals surface area (Å²) < 4.78 is 23.8. The summed E-state index contributed by atoms with van der Waals surface area (Å²) in [6, 6.07) is 0. The van der Waals surface area contributed by atoms with Crippen LogP contribution in [0.2, 0.25) is 5.28 Å². The van der Waals surface area contributed by atoms with Crippen LogP contribution in [0.3, 0.4) is 0 Å². The predicted octanol–water partition coefficient (Wildman–Crippen LogP) is 0.974. The van der Waals surface area contributed by atoms with Crippen molar-refractivity contribution in [1.82, 2.24) is 35.2 Å². The Hall–Kier alpha value is -2.19. The van der Waals surface area contributed by atoms with Crippen LogP contribution in [0.1, 0.15) is 31.2 Å². The molecule has 193 valence electrons. The Balaban J connectivity index is 1.37. The first-order chi connectivity index (χ1) is 17.1. The van der Waals surface area contributed by atoms with Crippen molar-refractivity contribution in [1.29, 1.82) is 0 Å². The van der Waals surface area contributed by atoms with Gasteiger partial charge in [0.15, 0.2) is 17.5 Å². The number of anilines is 1. The molecule has 1 saturated carbocycles. The second-order valence-corrected chi connectivity index (χ2v) is 11.4. The van der Waals surface area contributed by atoms with Gasteiger partial charge in [0, 0.05) is 19.3 Å². The number of aliphatic hydroxyl groups excluding tert-OH is 1. The van der Waals surface area contributed by atoms with E-state index in [0.717, 1.165) is 13.1 Å². The van der Waals surface area contributed by atoms with E-state index in [9.17, 15) is 19.7 Å². The number of rotatable bonds is 6. The molecule has 3 aromatic rings. The zero-order valence-corrected chi connectivity index (χ0v) is 20.7. The third kappa shape index (κ3) is 3.92. The van der Waals surface area contributed by atoms with E-state index in [1.165, 1.54) is 30.1 Å². The van der Waals surface area contributed by atoms with Gasteiger partial charge in [-0.2, -0.15) is 15.1 Å². The average Bonchev–Trinajstić information content (AvgIpc) is 3.62. The molecule has 36 heavy (non-hydrogen) atoms. The van der Waals surface area contributed by atoms with Crippen molar-refractivity contribution in [3.8, 4) is 0 Å². The minimum absolute atomic E-state index is 0.00807. The third-order valence-electron chi connectivity index (χ3n) is 7.44. The van der Waals surface area contributed by atoms with Gasteiger partial charge in [-0.05, 0) is 36.3 Å². The topological polar surface area (TPSA) is 185 Å². The van der Waals surface area contributed by atoms with Gasteiger partial charge in [-0.25, -0.2) is 4.68 Å². The molecule has 0 bridgehead atoms. The van der Waals surface area contributed by atoms with Crippen molar-refractivity contribution < 1.29 is 28.9 Å². The molecule has 1 unspecified atom stereocenters. The van der Waals surface area contributed by atoms with Crippen molar-refractivity contribution in [2.24, 2.45) is 11.8 Å². The Morgan fingerprint density at radius 1 is 1.33 bits per heavy atom. The molecular formula is C20H25ClN8O6P. The summed E-state index contributed by atoms with van der Waals surface area (Å²) in [6.45, 7) is 4.23. The Bertz CT molecular complexity index is 1310. The van der Waals surface area contributed by atoms with Crippen LogP contribution in [-0.4, -0.2) is 82.2 Å². The zero-order valence-electron chi connectivity index (χ0n) is 19.0. The number of fused-ring (bicyclic) bond motifs is 2. The summed E-state index contributed by atoms with van der Waals surface area (Å²) in [5.74, 6) is 1.90. The van der Waals surface area contributed by atoms with Crippen molar-refractivity contribution in [3.05, 3.63) is 30.0 Å². The van der Waals surface area contributed by atoms with Crippen molar-refractivity contribution in [2.45, 2.75) is 43.3 Å². The van der Waals surface area contributed by atoms with E-state index in [1.54, 1.807) is 6.20 Å². The van der Waals surface area contributed by atoms with Gasteiger partial charge < -0.3 is 29.3 Å². The molecule has 5 heterocycles. The lowest BCUT2D eigenvalue weighted by Gasteiger charge is -2.28. The monoisotopic (exact) mass is 539 g/mol. The Morgan fingerprint density at radius 2 is 2.08 bits per heavy atom. The van der Waals surface area contributed by atoms with Gasteiger partial charge in [-0.1, -0.05) is 11.6 Å². The van der Waals surface area contributed by atoms with Crippen LogP contribution in [0.5, 0.6) is 0 Å². The maximum absolute atomic E-state index is 11.6. The molecule has 14 nitrogen and oxygen atoms in total. The summed E-state index contributed by atoms with van der Waals surface area (Å²) in [5, 5.41) is 37.7. The predicted molar refractivity (Wildman–Crippen MR) is 125 cm³/mol. The van der Waals surface area contributed by atoms with Crippen LogP contribution in [0.25, 0.3) is 11.0 Å². The average molecular weight is 540 g/mol. The molecule has 16 heteroatoms. The lowest BCUT2D eigenvalue weighted by molar-refractivity contribution is -0.0983. The number of nitrogens with zero attached hydrogens (tertiary/aromatic N) is 7. The van der Waals surface area contributed by atoms with Gasteiger partial charge in [-0.15, -0.1) is 5.10 Å². The Morgan fingerprint density at radius 3 is 2.75 bits per heavy atom. The van der Waals surface area contributed by atoms with Gasteiger partial charge in [-0.3, -0.25) is 9.66 Å². The minimum Gasteiger partial charge on any atom is -0.385 e. The first kappa shape index (κ1) is 24.2. The molecule has 0 spiro atoms. The van der Waals surface area contributed by atoms with Crippen LogP contribution in [-0.2, 0) is 19.4 Å². The number of ether oxygens (including phenoxy) is 1. The van der Waals surface area contributed by atoms with Crippen molar-refractivity contribution >= 4 is 36.0 Å². The number of H-pyrrole nitrogens is 1. The maximum atomic E-state index is 11.6. The fourth-order valence-electron chi connectivity index (χ4n) is 5.73. The van der Waals surface area contributed by atoms with Gasteiger partial charge >= 0.3 is 7.60 Å². The van der Waals surface area contributed by atoms with E-state index in [-0.39, 0.29) is 11.0 Å². The van der Waals surface area contributed by atoms with Crippen molar-refractivity contribution in [3.63, 3.8) is 0 Å². The van der Waals surface area contributed by atoms with Gasteiger partial charge in [0.25, 0.3) is 0 Å². The number of hydrogen-bond donors (Lipinski definition) is 4. The molecule has 4 N–H and O–H groups in total. The summed E-state index contributed by atoms with van der Waals surface area (Å²) in [7, 11) is -4.16. The first-order valence-electron chi connectivity index (χ1n) is 11.6. The molecule has 2 saturated heterocycles. The Kier molecular flexibility index (Phi) is 5.83. The SMILES string of the molecule is [CH2]P(=O)(O)OC[C@H]1O[C@@H](n2ncc3c(N4C[C@H]5CCC[C@H]5C4)nc(Cl)nc32)[C@H](O)[C@@]1(O)c1c[nH]nn1. The molecule has 1 radical (unpaired) electrons. The van der Waals surface area contributed by atoms with Crippen LogP contribution in [0.4, 0.5) is 5.82 Å². The number of aliphatic hydroxyl groups is 2. The van der Waals surface area contributed by atoms with E-state index in [0.29, 0.717) is 28.7 Å². The number of nitrogens with one attached hydrogen (secondary N) is 1. The number of hydrogen-bond acceptors (Lipinski definition) is 11. The molecular weight excluding hydrogens is 515 g/mol. The number of aromatic amines is 1. The van der Waals surface area contributed by atoms with Crippen LogP contribution >= 0.6 is 19.2 Å². The number of aromatic nitrogens is 7. The maximum Gasteiger partial charge on any atom is 0.328 e. The normalized spacial score (nSPS) is 33.9.